The lowest BCUT2D eigenvalue weighted by Gasteiger charge is -2.15. The molecule has 0 radical (unpaired) electrons. The summed E-state index contributed by atoms with van der Waals surface area (Å²) in [6.07, 6.45) is 1.72. The topological polar surface area (TPSA) is 90.6 Å². The van der Waals surface area contributed by atoms with E-state index in [1.807, 2.05) is 13.8 Å². The molecular formula is C15H22N2O4. The van der Waals surface area contributed by atoms with Crippen LogP contribution in [0.2, 0.25) is 0 Å². The highest BCUT2D eigenvalue weighted by Gasteiger charge is 2.15. The quantitative estimate of drug-likeness (QED) is 0.590. The highest BCUT2D eigenvalue weighted by atomic mass is 16.5. The van der Waals surface area contributed by atoms with E-state index in [-0.39, 0.29) is 29.9 Å². The van der Waals surface area contributed by atoms with Crippen LogP contribution in [0, 0.1) is 0 Å². The van der Waals surface area contributed by atoms with Crippen LogP contribution in [0.5, 0.6) is 5.75 Å². The van der Waals surface area contributed by atoms with Crippen LogP contribution >= 0.6 is 0 Å². The Morgan fingerprint density at radius 3 is 2.52 bits per heavy atom. The van der Waals surface area contributed by atoms with Gasteiger partial charge in [-0.2, -0.15) is 0 Å². The number of ether oxygens (including phenoxy) is 2. The summed E-state index contributed by atoms with van der Waals surface area (Å²) < 4.78 is 10.1. The fourth-order valence-electron chi connectivity index (χ4n) is 1.85. The molecule has 0 saturated heterocycles. The molecule has 0 aliphatic heterocycles. The van der Waals surface area contributed by atoms with E-state index in [1.165, 1.54) is 13.2 Å². The third-order valence-corrected chi connectivity index (χ3v) is 3.12. The predicted molar refractivity (Wildman–Crippen MR) is 80.2 cm³/mol. The summed E-state index contributed by atoms with van der Waals surface area (Å²) in [5.41, 5.74) is 6.26. The molecule has 0 atom stereocenters. The number of benzene rings is 1. The number of hydrogen-bond acceptors (Lipinski definition) is 5. The van der Waals surface area contributed by atoms with Gasteiger partial charge in [0.25, 0.3) is 5.91 Å². The van der Waals surface area contributed by atoms with Crippen molar-refractivity contribution in [2.75, 3.05) is 19.5 Å². The Labute approximate surface area is 124 Å². The molecule has 0 aliphatic rings. The zero-order valence-electron chi connectivity index (χ0n) is 12.6. The van der Waals surface area contributed by atoms with Crippen molar-refractivity contribution in [3.05, 3.63) is 23.8 Å². The summed E-state index contributed by atoms with van der Waals surface area (Å²) >= 11 is 0. The van der Waals surface area contributed by atoms with E-state index >= 15 is 0 Å². The molecule has 6 nitrogen and oxygen atoms in total. The van der Waals surface area contributed by atoms with E-state index in [4.69, 9.17) is 10.5 Å². The third-order valence-electron chi connectivity index (χ3n) is 3.12. The van der Waals surface area contributed by atoms with Gasteiger partial charge in [-0.1, -0.05) is 13.8 Å². The van der Waals surface area contributed by atoms with Crippen LogP contribution < -0.4 is 15.8 Å². The largest absolute Gasteiger partial charge is 0.483 e. The standard InChI is InChI=1S/C15H22N2O4/c1-4-11(5-2)17-14(18)9-21-13-7-6-10(16)8-12(13)15(19)20-3/h6-8,11H,4-5,9,16H2,1-3H3,(H,17,18). The molecule has 0 aromatic heterocycles. The second-order valence-corrected chi connectivity index (χ2v) is 4.62. The zero-order chi connectivity index (χ0) is 15.8. The second-order valence-electron chi connectivity index (χ2n) is 4.62. The molecule has 0 unspecified atom stereocenters. The van der Waals surface area contributed by atoms with E-state index in [1.54, 1.807) is 12.1 Å². The van der Waals surface area contributed by atoms with E-state index in [0.717, 1.165) is 12.8 Å². The highest BCUT2D eigenvalue weighted by molar-refractivity contribution is 5.93. The number of nitrogens with one attached hydrogen (secondary N) is 1. The van der Waals surface area contributed by atoms with Gasteiger partial charge in [-0.3, -0.25) is 4.79 Å². The lowest BCUT2D eigenvalue weighted by Crippen LogP contribution is -2.37. The van der Waals surface area contributed by atoms with Gasteiger partial charge in [-0.05, 0) is 31.0 Å². The van der Waals surface area contributed by atoms with Gasteiger partial charge in [0.1, 0.15) is 11.3 Å². The van der Waals surface area contributed by atoms with Crippen molar-refractivity contribution in [2.45, 2.75) is 32.7 Å². The molecule has 0 fully saturated rings. The van der Waals surface area contributed by atoms with E-state index in [0.29, 0.717) is 5.69 Å². The van der Waals surface area contributed by atoms with Gasteiger partial charge >= 0.3 is 5.97 Å². The molecule has 3 N–H and O–H groups in total. The first kappa shape index (κ1) is 16.8. The van der Waals surface area contributed by atoms with Gasteiger partial charge in [-0.15, -0.1) is 0 Å². The summed E-state index contributed by atoms with van der Waals surface area (Å²) in [5.74, 6) is -0.509. The highest BCUT2D eigenvalue weighted by Crippen LogP contribution is 2.22. The maximum atomic E-state index is 11.8. The minimum Gasteiger partial charge on any atom is -0.483 e. The van der Waals surface area contributed by atoms with Crippen LogP contribution in [0.3, 0.4) is 0 Å². The van der Waals surface area contributed by atoms with Gasteiger partial charge in [0.05, 0.1) is 7.11 Å². The maximum Gasteiger partial charge on any atom is 0.341 e. The number of amides is 1. The molecule has 1 rings (SSSR count). The predicted octanol–water partition coefficient (Wildman–Crippen LogP) is 1.74. The zero-order valence-corrected chi connectivity index (χ0v) is 12.6. The van der Waals surface area contributed by atoms with Crippen molar-refractivity contribution in [2.24, 2.45) is 0 Å². The van der Waals surface area contributed by atoms with Crippen molar-refractivity contribution < 1.29 is 19.1 Å². The molecule has 6 heteroatoms. The van der Waals surface area contributed by atoms with Crippen molar-refractivity contribution >= 4 is 17.6 Å². The third kappa shape index (κ3) is 4.98. The Bertz CT molecular complexity index is 498. The van der Waals surface area contributed by atoms with Crippen LogP contribution in [0.1, 0.15) is 37.0 Å². The van der Waals surface area contributed by atoms with Crippen LogP contribution in [-0.4, -0.2) is 31.6 Å². The Kier molecular flexibility index (Phi) is 6.52. The Morgan fingerprint density at radius 2 is 1.95 bits per heavy atom. The Balaban J connectivity index is 2.71. The Morgan fingerprint density at radius 1 is 1.29 bits per heavy atom. The van der Waals surface area contributed by atoms with Crippen LogP contribution in [0.25, 0.3) is 0 Å². The summed E-state index contributed by atoms with van der Waals surface area (Å²) in [6.45, 7) is 3.85. The number of methoxy groups -OCH3 is 1. The van der Waals surface area contributed by atoms with Crippen LogP contribution in [-0.2, 0) is 9.53 Å². The summed E-state index contributed by atoms with van der Waals surface area (Å²) in [5, 5.41) is 2.86. The number of esters is 1. The van der Waals surface area contributed by atoms with E-state index < -0.39 is 5.97 Å². The number of nitrogens with two attached hydrogens (primary N) is 1. The second kappa shape index (κ2) is 8.14. The number of carbonyl (C=O) groups excluding carboxylic acids is 2. The monoisotopic (exact) mass is 294 g/mol. The molecule has 0 spiro atoms. The fourth-order valence-corrected chi connectivity index (χ4v) is 1.85. The molecule has 0 aliphatic carbocycles. The summed E-state index contributed by atoms with van der Waals surface area (Å²) in [7, 11) is 1.27. The van der Waals surface area contributed by atoms with Gasteiger partial charge in [-0.25, -0.2) is 4.79 Å². The SMILES string of the molecule is CCC(CC)NC(=O)COc1ccc(N)cc1C(=O)OC. The first-order valence-electron chi connectivity index (χ1n) is 6.91. The van der Waals surface area contributed by atoms with Crippen LogP contribution in [0.4, 0.5) is 5.69 Å². The molecule has 116 valence electrons. The molecule has 21 heavy (non-hydrogen) atoms. The summed E-state index contributed by atoms with van der Waals surface area (Å²) in [6, 6.07) is 4.74. The molecule has 1 amide bonds. The van der Waals surface area contributed by atoms with Crippen molar-refractivity contribution in [1.29, 1.82) is 0 Å². The smallest absolute Gasteiger partial charge is 0.341 e. The van der Waals surface area contributed by atoms with Crippen molar-refractivity contribution in [3.8, 4) is 5.75 Å². The Hall–Kier alpha value is -2.24. The number of rotatable bonds is 7. The number of nitrogen functional groups attached to an aromatic ring is 1. The molecule has 0 saturated carbocycles. The molecule has 1 aromatic carbocycles. The maximum absolute atomic E-state index is 11.8. The minimum absolute atomic E-state index is 0.132. The van der Waals surface area contributed by atoms with Gasteiger partial charge < -0.3 is 20.5 Å². The normalized spacial score (nSPS) is 10.3. The van der Waals surface area contributed by atoms with E-state index in [9.17, 15) is 9.59 Å². The van der Waals surface area contributed by atoms with Crippen molar-refractivity contribution in [3.63, 3.8) is 0 Å². The lowest BCUT2D eigenvalue weighted by atomic mass is 10.1. The number of anilines is 1. The number of carbonyl (C=O) groups is 2. The minimum atomic E-state index is -0.558. The first-order valence-corrected chi connectivity index (χ1v) is 6.91. The van der Waals surface area contributed by atoms with Gasteiger partial charge in [0.15, 0.2) is 6.61 Å². The molecule has 0 bridgehead atoms. The average Bonchev–Trinajstić information content (AvgIpc) is 2.50. The molecule has 1 aromatic rings. The number of hydrogen-bond donors (Lipinski definition) is 2. The first-order chi connectivity index (χ1) is 10.0. The van der Waals surface area contributed by atoms with Crippen molar-refractivity contribution in [1.82, 2.24) is 5.32 Å². The molecular weight excluding hydrogens is 272 g/mol. The fraction of sp³-hybridized carbons (Fsp3) is 0.467. The average molecular weight is 294 g/mol. The molecule has 0 heterocycles. The lowest BCUT2D eigenvalue weighted by molar-refractivity contribution is -0.123. The summed E-state index contributed by atoms with van der Waals surface area (Å²) in [4.78, 5) is 23.4. The van der Waals surface area contributed by atoms with Crippen LogP contribution in [0.15, 0.2) is 18.2 Å². The van der Waals surface area contributed by atoms with Gasteiger partial charge in [0, 0.05) is 11.7 Å². The van der Waals surface area contributed by atoms with Gasteiger partial charge in [0.2, 0.25) is 0 Å². The van der Waals surface area contributed by atoms with E-state index in [2.05, 4.69) is 10.1 Å².